The Kier molecular flexibility index (Phi) is 4.94. The minimum Gasteiger partial charge on any atom is -0.497 e. The van der Waals surface area contributed by atoms with E-state index in [1.54, 1.807) is 44.6 Å². The van der Waals surface area contributed by atoms with Gasteiger partial charge in [0, 0.05) is 29.8 Å². The fourth-order valence-electron chi connectivity index (χ4n) is 4.35. The third kappa shape index (κ3) is 3.42. The van der Waals surface area contributed by atoms with E-state index in [4.69, 9.17) is 9.47 Å². The number of rotatable bonds is 5. The second-order valence-electron chi connectivity index (χ2n) is 7.41. The molecule has 1 aliphatic carbocycles. The van der Waals surface area contributed by atoms with Gasteiger partial charge in [-0.2, -0.15) is 0 Å². The molecule has 2 aromatic carbocycles. The van der Waals surface area contributed by atoms with Crippen molar-refractivity contribution in [2.45, 2.75) is 24.9 Å². The summed E-state index contributed by atoms with van der Waals surface area (Å²) in [6, 6.07) is 14.4. The number of hydrogen-bond acceptors (Lipinski definition) is 4. The molecule has 28 heavy (non-hydrogen) atoms. The standard InChI is InChI=1S/C22H24N2O4/c1-27-17-10-16(11-18(12-17)28-2)22(26)24-13-14-8-19(20(24)9-14)23-21(25)15-6-4-3-5-7-15/h3-7,10-12,14,19-20H,8-9,13H2,1-2H3,(H,23,25). The molecule has 2 bridgehead atoms. The lowest BCUT2D eigenvalue weighted by Gasteiger charge is -2.34. The van der Waals surface area contributed by atoms with Crippen molar-refractivity contribution < 1.29 is 19.1 Å². The molecule has 2 aromatic rings. The highest BCUT2D eigenvalue weighted by molar-refractivity contribution is 5.96. The summed E-state index contributed by atoms with van der Waals surface area (Å²) in [5.41, 5.74) is 1.18. The Hall–Kier alpha value is -3.02. The fraction of sp³-hybridized carbons (Fsp3) is 0.364. The molecule has 6 heteroatoms. The van der Waals surface area contributed by atoms with E-state index in [0.717, 1.165) is 19.4 Å². The van der Waals surface area contributed by atoms with Gasteiger partial charge in [-0.3, -0.25) is 9.59 Å². The van der Waals surface area contributed by atoms with Crippen molar-refractivity contribution in [1.82, 2.24) is 10.2 Å². The molecular weight excluding hydrogens is 356 g/mol. The number of fused-ring (bicyclic) bond motifs is 2. The number of methoxy groups -OCH3 is 2. The molecule has 6 nitrogen and oxygen atoms in total. The van der Waals surface area contributed by atoms with Crippen molar-refractivity contribution >= 4 is 11.8 Å². The molecule has 1 saturated heterocycles. The van der Waals surface area contributed by atoms with Gasteiger partial charge in [0.2, 0.25) is 0 Å². The van der Waals surface area contributed by atoms with Crippen LogP contribution in [-0.4, -0.2) is 49.6 Å². The van der Waals surface area contributed by atoms with Gasteiger partial charge >= 0.3 is 0 Å². The maximum absolute atomic E-state index is 13.2. The first-order valence-corrected chi connectivity index (χ1v) is 9.49. The van der Waals surface area contributed by atoms with E-state index >= 15 is 0 Å². The Morgan fingerprint density at radius 2 is 1.64 bits per heavy atom. The maximum atomic E-state index is 13.2. The number of nitrogens with one attached hydrogen (secondary N) is 1. The third-order valence-electron chi connectivity index (χ3n) is 5.69. The normalized spacial score (nSPS) is 22.8. The fourth-order valence-corrected chi connectivity index (χ4v) is 4.35. The molecule has 2 aliphatic rings. The first-order valence-electron chi connectivity index (χ1n) is 9.49. The number of likely N-dealkylation sites (tertiary alicyclic amines) is 1. The Balaban J connectivity index is 1.51. The third-order valence-corrected chi connectivity index (χ3v) is 5.69. The van der Waals surface area contributed by atoms with Crippen LogP contribution in [0.25, 0.3) is 0 Å². The monoisotopic (exact) mass is 380 g/mol. The number of hydrogen-bond donors (Lipinski definition) is 1. The molecule has 2 fully saturated rings. The summed E-state index contributed by atoms with van der Waals surface area (Å²) in [6.45, 7) is 0.723. The minimum absolute atomic E-state index is 0.0161. The van der Waals surface area contributed by atoms with E-state index in [0.29, 0.717) is 28.5 Å². The Bertz CT molecular complexity index is 861. The Morgan fingerprint density at radius 3 is 2.25 bits per heavy atom. The van der Waals surface area contributed by atoms with Gasteiger partial charge in [0.1, 0.15) is 11.5 Å². The van der Waals surface area contributed by atoms with Crippen molar-refractivity contribution in [3.8, 4) is 11.5 Å². The van der Waals surface area contributed by atoms with E-state index in [1.807, 2.05) is 23.1 Å². The van der Waals surface area contributed by atoms with Crippen LogP contribution in [0.1, 0.15) is 33.6 Å². The predicted octanol–water partition coefficient (Wildman–Crippen LogP) is 2.74. The van der Waals surface area contributed by atoms with Crippen LogP contribution in [0.3, 0.4) is 0 Å². The van der Waals surface area contributed by atoms with Crippen LogP contribution < -0.4 is 14.8 Å². The van der Waals surface area contributed by atoms with Crippen LogP contribution in [0.2, 0.25) is 0 Å². The van der Waals surface area contributed by atoms with Crippen LogP contribution in [-0.2, 0) is 0 Å². The lowest BCUT2D eigenvalue weighted by atomic mass is 10.0. The van der Waals surface area contributed by atoms with Crippen molar-refractivity contribution in [3.05, 3.63) is 59.7 Å². The van der Waals surface area contributed by atoms with Gasteiger partial charge in [-0.05, 0) is 43.0 Å². The summed E-state index contributed by atoms with van der Waals surface area (Å²) in [5, 5.41) is 3.13. The molecule has 1 saturated carbocycles. The second-order valence-corrected chi connectivity index (χ2v) is 7.41. The SMILES string of the molecule is COc1cc(OC)cc(C(=O)N2CC3CC(NC(=O)c4ccccc4)C2C3)c1. The molecule has 1 heterocycles. The molecule has 1 N–H and O–H groups in total. The zero-order valence-electron chi connectivity index (χ0n) is 16.1. The topological polar surface area (TPSA) is 67.9 Å². The molecule has 2 amide bonds. The van der Waals surface area contributed by atoms with Crippen molar-refractivity contribution in [1.29, 1.82) is 0 Å². The van der Waals surface area contributed by atoms with Gasteiger partial charge in [0.25, 0.3) is 11.8 Å². The Morgan fingerprint density at radius 1 is 0.964 bits per heavy atom. The summed E-state index contributed by atoms with van der Waals surface area (Å²) in [5.74, 6) is 1.45. The van der Waals surface area contributed by atoms with Gasteiger partial charge in [-0.15, -0.1) is 0 Å². The summed E-state index contributed by atoms with van der Waals surface area (Å²) < 4.78 is 10.6. The van der Waals surface area contributed by atoms with Crippen molar-refractivity contribution in [3.63, 3.8) is 0 Å². The lowest BCUT2D eigenvalue weighted by molar-refractivity contribution is 0.0648. The van der Waals surface area contributed by atoms with Crippen LogP contribution in [0.4, 0.5) is 0 Å². The highest BCUT2D eigenvalue weighted by Gasteiger charge is 2.47. The van der Waals surface area contributed by atoms with Crippen LogP contribution in [0.5, 0.6) is 11.5 Å². The maximum Gasteiger partial charge on any atom is 0.254 e. The first-order chi connectivity index (χ1) is 13.6. The van der Waals surface area contributed by atoms with Crippen molar-refractivity contribution in [2.24, 2.45) is 5.92 Å². The zero-order valence-corrected chi connectivity index (χ0v) is 16.1. The number of carbonyl (C=O) groups is 2. The number of ether oxygens (including phenoxy) is 2. The van der Waals surface area contributed by atoms with Gasteiger partial charge in [0.15, 0.2) is 0 Å². The quantitative estimate of drug-likeness (QED) is 0.866. The summed E-state index contributed by atoms with van der Waals surface area (Å²) in [7, 11) is 3.13. The molecule has 3 atom stereocenters. The molecule has 1 aliphatic heterocycles. The zero-order chi connectivity index (χ0) is 19.7. The molecule has 0 spiro atoms. The molecule has 146 valence electrons. The smallest absolute Gasteiger partial charge is 0.254 e. The highest BCUT2D eigenvalue weighted by atomic mass is 16.5. The van der Waals surface area contributed by atoms with Crippen LogP contribution in [0.15, 0.2) is 48.5 Å². The summed E-state index contributed by atoms with van der Waals surface area (Å²) in [6.07, 6.45) is 1.83. The number of piperidine rings is 1. The number of carbonyl (C=O) groups excluding carboxylic acids is 2. The van der Waals surface area contributed by atoms with Gasteiger partial charge in [0.05, 0.1) is 20.3 Å². The van der Waals surface area contributed by atoms with E-state index in [9.17, 15) is 9.59 Å². The Labute approximate surface area is 164 Å². The highest BCUT2D eigenvalue weighted by Crippen LogP contribution is 2.39. The average molecular weight is 380 g/mol. The molecule has 3 unspecified atom stereocenters. The lowest BCUT2D eigenvalue weighted by Crippen LogP contribution is -2.51. The van der Waals surface area contributed by atoms with Crippen molar-refractivity contribution in [2.75, 3.05) is 20.8 Å². The summed E-state index contributed by atoms with van der Waals surface area (Å²) >= 11 is 0. The molecule has 0 radical (unpaired) electrons. The predicted molar refractivity (Wildman–Crippen MR) is 105 cm³/mol. The second kappa shape index (κ2) is 7.54. The first kappa shape index (κ1) is 18.3. The largest absolute Gasteiger partial charge is 0.497 e. The minimum atomic E-state index is -0.0893. The van der Waals surface area contributed by atoms with Crippen LogP contribution in [0, 0.1) is 5.92 Å². The van der Waals surface area contributed by atoms with E-state index in [-0.39, 0.29) is 23.9 Å². The van der Waals surface area contributed by atoms with E-state index in [1.165, 1.54) is 0 Å². The van der Waals surface area contributed by atoms with Gasteiger partial charge in [-0.1, -0.05) is 18.2 Å². The van der Waals surface area contributed by atoms with E-state index in [2.05, 4.69) is 5.32 Å². The van der Waals surface area contributed by atoms with Crippen LogP contribution >= 0.6 is 0 Å². The average Bonchev–Trinajstić information content (AvgIpc) is 3.33. The number of amides is 2. The molecular formula is C22H24N2O4. The van der Waals surface area contributed by atoms with E-state index < -0.39 is 0 Å². The summed E-state index contributed by atoms with van der Waals surface area (Å²) in [4.78, 5) is 27.6. The van der Waals surface area contributed by atoms with Gasteiger partial charge in [-0.25, -0.2) is 0 Å². The molecule has 4 rings (SSSR count). The van der Waals surface area contributed by atoms with Gasteiger partial charge < -0.3 is 19.7 Å². The molecule has 0 aromatic heterocycles. The number of benzene rings is 2. The number of nitrogens with zero attached hydrogens (tertiary/aromatic N) is 1.